The smallest absolute Gasteiger partial charge is 0.257 e. The van der Waals surface area contributed by atoms with E-state index in [1.54, 1.807) is 32.4 Å². The van der Waals surface area contributed by atoms with Crippen LogP contribution in [0, 0.1) is 0 Å². The summed E-state index contributed by atoms with van der Waals surface area (Å²) in [6.45, 7) is 5.14. The van der Waals surface area contributed by atoms with Crippen molar-refractivity contribution in [2.75, 3.05) is 27.3 Å². The highest BCUT2D eigenvalue weighted by molar-refractivity contribution is 5.97. The van der Waals surface area contributed by atoms with Gasteiger partial charge in [0.25, 0.3) is 5.91 Å². The van der Waals surface area contributed by atoms with Gasteiger partial charge in [-0.3, -0.25) is 4.79 Å². The zero-order chi connectivity index (χ0) is 14.7. The summed E-state index contributed by atoms with van der Waals surface area (Å²) in [5.74, 6) is 1.16. The van der Waals surface area contributed by atoms with Gasteiger partial charge >= 0.3 is 0 Å². The number of hydrogen-bond acceptors (Lipinski definition) is 4. The molecule has 5 nitrogen and oxygen atoms in total. The van der Waals surface area contributed by atoms with Crippen molar-refractivity contribution in [1.29, 1.82) is 0 Å². The minimum Gasteiger partial charge on any atom is -0.497 e. The molecule has 1 aromatic carbocycles. The second-order valence-electron chi connectivity index (χ2n) is 5.03. The number of hydrogen-bond donors (Lipinski definition) is 0. The topological polar surface area (TPSA) is 48.0 Å². The molecule has 1 heterocycles. The molecule has 1 fully saturated rings. The van der Waals surface area contributed by atoms with Crippen LogP contribution in [-0.4, -0.2) is 50.3 Å². The number of benzene rings is 1. The Hall–Kier alpha value is -1.75. The van der Waals surface area contributed by atoms with Gasteiger partial charge < -0.3 is 19.1 Å². The van der Waals surface area contributed by atoms with E-state index < -0.39 is 0 Å². The average Bonchev–Trinajstić information content (AvgIpc) is 2.44. The van der Waals surface area contributed by atoms with Crippen LogP contribution in [-0.2, 0) is 4.74 Å². The number of morpholine rings is 1. The summed E-state index contributed by atoms with van der Waals surface area (Å²) in [5, 5.41) is 0. The van der Waals surface area contributed by atoms with Crippen LogP contribution < -0.4 is 9.47 Å². The van der Waals surface area contributed by atoms with E-state index in [9.17, 15) is 4.79 Å². The second-order valence-corrected chi connectivity index (χ2v) is 5.03. The average molecular weight is 279 g/mol. The lowest BCUT2D eigenvalue weighted by atomic mass is 10.1. The van der Waals surface area contributed by atoms with Crippen LogP contribution in [0.15, 0.2) is 18.2 Å². The van der Waals surface area contributed by atoms with E-state index in [0.29, 0.717) is 30.2 Å². The van der Waals surface area contributed by atoms with E-state index in [4.69, 9.17) is 14.2 Å². The molecule has 0 bridgehead atoms. The fourth-order valence-electron chi connectivity index (χ4n) is 2.49. The molecule has 0 aliphatic carbocycles. The van der Waals surface area contributed by atoms with Gasteiger partial charge in [0.2, 0.25) is 0 Å². The monoisotopic (exact) mass is 279 g/mol. The maximum atomic E-state index is 12.6. The van der Waals surface area contributed by atoms with Gasteiger partial charge in [0.15, 0.2) is 0 Å². The molecule has 1 aliphatic heterocycles. The third-order valence-corrected chi connectivity index (χ3v) is 3.35. The first kappa shape index (κ1) is 14.7. The number of carbonyl (C=O) groups is 1. The van der Waals surface area contributed by atoms with E-state index in [1.807, 2.05) is 18.7 Å². The molecule has 1 saturated heterocycles. The molecule has 0 spiro atoms. The number of carbonyl (C=O) groups excluding carboxylic acids is 1. The van der Waals surface area contributed by atoms with Gasteiger partial charge in [0.1, 0.15) is 11.5 Å². The molecule has 0 N–H and O–H groups in total. The molecule has 0 radical (unpaired) electrons. The quantitative estimate of drug-likeness (QED) is 0.848. The minimum absolute atomic E-state index is 0.0356. The SMILES string of the molecule is COc1ccc(C(=O)N2C[C@@H](C)O[C@H](C)C2)c(OC)c1. The zero-order valence-corrected chi connectivity index (χ0v) is 12.4. The van der Waals surface area contributed by atoms with Crippen molar-refractivity contribution in [3.63, 3.8) is 0 Å². The van der Waals surface area contributed by atoms with Crippen molar-refractivity contribution in [1.82, 2.24) is 4.90 Å². The van der Waals surface area contributed by atoms with Crippen molar-refractivity contribution in [3.05, 3.63) is 23.8 Å². The normalized spacial score (nSPS) is 22.5. The van der Waals surface area contributed by atoms with Crippen LogP contribution >= 0.6 is 0 Å². The first-order chi connectivity index (χ1) is 9.55. The van der Waals surface area contributed by atoms with Gasteiger partial charge in [-0.25, -0.2) is 0 Å². The molecule has 1 aliphatic rings. The lowest BCUT2D eigenvalue weighted by Gasteiger charge is -2.35. The van der Waals surface area contributed by atoms with Crippen molar-refractivity contribution >= 4 is 5.91 Å². The molecule has 0 unspecified atom stereocenters. The molecule has 2 atom stereocenters. The number of ether oxygens (including phenoxy) is 3. The van der Waals surface area contributed by atoms with Gasteiger partial charge in [-0.2, -0.15) is 0 Å². The Morgan fingerprint density at radius 2 is 1.85 bits per heavy atom. The van der Waals surface area contributed by atoms with E-state index in [0.717, 1.165) is 0 Å². The maximum absolute atomic E-state index is 12.6. The van der Waals surface area contributed by atoms with Crippen LogP contribution in [0.1, 0.15) is 24.2 Å². The highest BCUT2D eigenvalue weighted by Crippen LogP contribution is 2.26. The van der Waals surface area contributed by atoms with E-state index in [2.05, 4.69) is 0 Å². The summed E-state index contributed by atoms with van der Waals surface area (Å²) in [5.41, 5.74) is 0.551. The van der Waals surface area contributed by atoms with Crippen molar-refractivity contribution in [2.24, 2.45) is 0 Å². The van der Waals surface area contributed by atoms with Gasteiger partial charge in [-0.1, -0.05) is 0 Å². The molecule has 0 saturated carbocycles. The molecule has 0 aromatic heterocycles. The third-order valence-electron chi connectivity index (χ3n) is 3.35. The Morgan fingerprint density at radius 3 is 2.40 bits per heavy atom. The van der Waals surface area contributed by atoms with Crippen LogP contribution in [0.4, 0.5) is 0 Å². The number of amides is 1. The predicted octanol–water partition coefficient (Wildman–Crippen LogP) is 1.95. The maximum Gasteiger partial charge on any atom is 0.257 e. The van der Waals surface area contributed by atoms with Gasteiger partial charge in [-0.15, -0.1) is 0 Å². The largest absolute Gasteiger partial charge is 0.497 e. The lowest BCUT2D eigenvalue weighted by Crippen LogP contribution is -2.48. The molecule has 110 valence electrons. The number of methoxy groups -OCH3 is 2. The van der Waals surface area contributed by atoms with E-state index >= 15 is 0 Å². The fourth-order valence-corrected chi connectivity index (χ4v) is 2.49. The molecular formula is C15H21NO4. The molecule has 2 rings (SSSR count). The summed E-state index contributed by atoms with van der Waals surface area (Å²) < 4.78 is 16.1. The van der Waals surface area contributed by atoms with E-state index in [1.165, 1.54) is 0 Å². The first-order valence-electron chi connectivity index (χ1n) is 6.72. The molecule has 1 aromatic rings. The molecular weight excluding hydrogens is 258 g/mol. The second kappa shape index (κ2) is 6.13. The van der Waals surface area contributed by atoms with Crippen molar-refractivity contribution in [2.45, 2.75) is 26.1 Å². The van der Waals surface area contributed by atoms with Crippen LogP contribution in [0.3, 0.4) is 0 Å². The van der Waals surface area contributed by atoms with Gasteiger partial charge in [-0.05, 0) is 26.0 Å². The Balaban J connectivity index is 2.24. The summed E-state index contributed by atoms with van der Waals surface area (Å²) in [4.78, 5) is 14.4. The number of nitrogens with zero attached hydrogens (tertiary/aromatic N) is 1. The standard InChI is InChI=1S/C15H21NO4/c1-10-8-16(9-11(2)20-10)15(17)13-6-5-12(18-3)7-14(13)19-4/h5-7,10-11H,8-9H2,1-4H3/t10-,11-/m1/s1. The van der Waals surface area contributed by atoms with Crippen molar-refractivity contribution < 1.29 is 19.0 Å². The summed E-state index contributed by atoms with van der Waals surface area (Å²) in [7, 11) is 3.14. The predicted molar refractivity (Wildman–Crippen MR) is 75.5 cm³/mol. The summed E-state index contributed by atoms with van der Waals surface area (Å²) in [6.07, 6.45) is 0.0962. The molecule has 1 amide bonds. The first-order valence-corrected chi connectivity index (χ1v) is 6.72. The lowest BCUT2D eigenvalue weighted by molar-refractivity contribution is -0.0586. The Labute approximate surface area is 119 Å². The molecule has 20 heavy (non-hydrogen) atoms. The summed E-state index contributed by atoms with van der Waals surface area (Å²) >= 11 is 0. The van der Waals surface area contributed by atoms with Gasteiger partial charge in [0.05, 0.1) is 32.0 Å². The highest BCUT2D eigenvalue weighted by Gasteiger charge is 2.28. The summed E-state index contributed by atoms with van der Waals surface area (Å²) in [6, 6.07) is 5.23. The van der Waals surface area contributed by atoms with Crippen molar-refractivity contribution in [3.8, 4) is 11.5 Å². The third kappa shape index (κ3) is 3.04. The minimum atomic E-state index is -0.0356. The Kier molecular flexibility index (Phi) is 4.49. The van der Waals surface area contributed by atoms with Crippen LogP contribution in [0.5, 0.6) is 11.5 Å². The van der Waals surface area contributed by atoms with Crippen LogP contribution in [0.25, 0.3) is 0 Å². The van der Waals surface area contributed by atoms with Gasteiger partial charge in [0, 0.05) is 19.2 Å². The number of rotatable bonds is 3. The fraction of sp³-hybridized carbons (Fsp3) is 0.533. The zero-order valence-electron chi connectivity index (χ0n) is 12.4. The van der Waals surface area contributed by atoms with Crippen LogP contribution in [0.2, 0.25) is 0 Å². The highest BCUT2D eigenvalue weighted by atomic mass is 16.5. The Morgan fingerprint density at radius 1 is 1.20 bits per heavy atom. The molecule has 5 heteroatoms. The Bertz CT molecular complexity index is 479. The van der Waals surface area contributed by atoms with E-state index in [-0.39, 0.29) is 18.1 Å².